The minimum atomic E-state index is -0.111. The Morgan fingerprint density at radius 1 is 1.50 bits per heavy atom. The summed E-state index contributed by atoms with van der Waals surface area (Å²) in [4.78, 5) is 12.9. The number of H-pyrrole nitrogens is 1. The molecule has 0 bridgehead atoms. The normalized spacial score (nSPS) is 9.92. The van der Waals surface area contributed by atoms with Gasteiger partial charge in [-0.05, 0) is 6.42 Å². The molecule has 0 spiro atoms. The topological polar surface area (TPSA) is 61.9 Å². The van der Waals surface area contributed by atoms with Gasteiger partial charge in [-0.25, -0.2) is 0 Å². The molecule has 1 rings (SSSR count). The molecule has 1 heterocycles. The summed E-state index contributed by atoms with van der Waals surface area (Å²) in [5.41, 5.74) is 1.14. The lowest BCUT2D eigenvalue weighted by molar-refractivity contribution is 0.0821. The van der Waals surface area contributed by atoms with Gasteiger partial charge in [-0.1, -0.05) is 6.92 Å². The minimum absolute atomic E-state index is 0.111. The van der Waals surface area contributed by atoms with Gasteiger partial charge in [-0.3, -0.25) is 4.79 Å². The molecule has 0 atom stereocenters. The number of aromatic nitrogens is 3. The molecular formula is C7H12N4O. The van der Waals surface area contributed by atoms with Crippen LogP contribution in [0, 0.1) is 0 Å². The van der Waals surface area contributed by atoms with E-state index in [1.807, 2.05) is 6.92 Å². The molecule has 12 heavy (non-hydrogen) atoms. The van der Waals surface area contributed by atoms with Crippen LogP contribution in [0.1, 0.15) is 23.1 Å². The van der Waals surface area contributed by atoms with Crippen LogP contribution < -0.4 is 0 Å². The van der Waals surface area contributed by atoms with Gasteiger partial charge in [-0.2, -0.15) is 15.4 Å². The second-order valence-corrected chi connectivity index (χ2v) is 2.67. The van der Waals surface area contributed by atoms with Crippen molar-refractivity contribution in [2.45, 2.75) is 13.3 Å². The lowest BCUT2D eigenvalue weighted by atomic mass is 10.2. The maximum Gasteiger partial charge on any atom is 0.275 e. The van der Waals surface area contributed by atoms with Crippen molar-refractivity contribution in [2.24, 2.45) is 0 Å². The highest BCUT2D eigenvalue weighted by Crippen LogP contribution is 2.03. The van der Waals surface area contributed by atoms with Crippen molar-refractivity contribution >= 4 is 5.91 Å². The average Bonchev–Trinajstić information content (AvgIpc) is 2.49. The third-order valence-electron chi connectivity index (χ3n) is 1.56. The molecule has 0 aliphatic carbocycles. The van der Waals surface area contributed by atoms with Crippen LogP contribution in [0.3, 0.4) is 0 Å². The van der Waals surface area contributed by atoms with E-state index in [4.69, 9.17) is 0 Å². The van der Waals surface area contributed by atoms with Crippen LogP contribution in [0.4, 0.5) is 0 Å². The number of hydrogen-bond donors (Lipinski definition) is 1. The molecule has 66 valence electrons. The van der Waals surface area contributed by atoms with Crippen LogP contribution >= 0.6 is 0 Å². The zero-order valence-electron chi connectivity index (χ0n) is 7.46. The highest BCUT2D eigenvalue weighted by molar-refractivity contribution is 5.92. The Kier molecular flexibility index (Phi) is 2.42. The lowest BCUT2D eigenvalue weighted by Crippen LogP contribution is -2.23. The Morgan fingerprint density at radius 3 is 2.67 bits per heavy atom. The monoisotopic (exact) mass is 168 g/mol. The van der Waals surface area contributed by atoms with Gasteiger partial charge < -0.3 is 4.90 Å². The number of aryl methyl sites for hydroxylation is 1. The highest BCUT2D eigenvalue weighted by Gasteiger charge is 2.15. The minimum Gasteiger partial charge on any atom is -0.343 e. The number of hydrogen-bond acceptors (Lipinski definition) is 3. The summed E-state index contributed by atoms with van der Waals surface area (Å²) in [6.07, 6.45) is 0.714. The van der Waals surface area contributed by atoms with E-state index in [2.05, 4.69) is 15.4 Å². The largest absolute Gasteiger partial charge is 0.343 e. The van der Waals surface area contributed by atoms with Gasteiger partial charge in [0.25, 0.3) is 5.91 Å². The van der Waals surface area contributed by atoms with E-state index in [1.54, 1.807) is 14.1 Å². The van der Waals surface area contributed by atoms with Crippen molar-refractivity contribution in [1.29, 1.82) is 0 Å². The van der Waals surface area contributed by atoms with E-state index in [1.165, 1.54) is 4.90 Å². The number of nitrogens with one attached hydrogen (secondary N) is 1. The summed E-state index contributed by atoms with van der Waals surface area (Å²) in [7, 11) is 3.38. The predicted molar refractivity (Wildman–Crippen MR) is 43.8 cm³/mol. The maximum atomic E-state index is 11.4. The molecule has 1 N–H and O–H groups in total. The molecule has 0 aromatic carbocycles. The first-order valence-electron chi connectivity index (χ1n) is 3.78. The third kappa shape index (κ3) is 1.44. The van der Waals surface area contributed by atoms with E-state index < -0.39 is 0 Å². The van der Waals surface area contributed by atoms with Crippen molar-refractivity contribution < 1.29 is 4.79 Å². The van der Waals surface area contributed by atoms with Crippen molar-refractivity contribution in [2.75, 3.05) is 14.1 Å². The van der Waals surface area contributed by atoms with Crippen molar-refractivity contribution in [3.63, 3.8) is 0 Å². The van der Waals surface area contributed by atoms with Crippen LogP contribution in [-0.4, -0.2) is 40.3 Å². The summed E-state index contributed by atoms with van der Waals surface area (Å²) in [6, 6.07) is 0. The summed E-state index contributed by atoms with van der Waals surface area (Å²) in [5, 5.41) is 10.1. The first-order valence-corrected chi connectivity index (χ1v) is 3.78. The van der Waals surface area contributed by atoms with Crippen LogP contribution in [0.5, 0.6) is 0 Å². The number of amides is 1. The quantitative estimate of drug-likeness (QED) is 0.679. The Balaban J connectivity index is 2.94. The van der Waals surface area contributed by atoms with Gasteiger partial charge in [0.15, 0.2) is 5.69 Å². The van der Waals surface area contributed by atoms with Crippen LogP contribution in [0.2, 0.25) is 0 Å². The van der Waals surface area contributed by atoms with Gasteiger partial charge in [0, 0.05) is 14.1 Å². The molecule has 1 aromatic rings. The number of rotatable bonds is 2. The van der Waals surface area contributed by atoms with Gasteiger partial charge in [-0.15, -0.1) is 0 Å². The van der Waals surface area contributed by atoms with Crippen molar-refractivity contribution in [3.05, 3.63) is 11.4 Å². The smallest absolute Gasteiger partial charge is 0.275 e. The van der Waals surface area contributed by atoms with Gasteiger partial charge in [0.05, 0.1) is 5.69 Å². The van der Waals surface area contributed by atoms with Gasteiger partial charge in [0.1, 0.15) is 0 Å². The average molecular weight is 168 g/mol. The first-order chi connectivity index (χ1) is 5.66. The molecule has 0 fully saturated rings. The fraction of sp³-hybridized carbons (Fsp3) is 0.571. The Labute approximate surface area is 70.8 Å². The zero-order chi connectivity index (χ0) is 9.14. The first kappa shape index (κ1) is 8.70. The van der Waals surface area contributed by atoms with Gasteiger partial charge >= 0.3 is 0 Å². The Hall–Kier alpha value is -1.39. The van der Waals surface area contributed by atoms with Crippen LogP contribution in [0.15, 0.2) is 0 Å². The summed E-state index contributed by atoms with van der Waals surface area (Å²) in [6.45, 7) is 1.93. The second kappa shape index (κ2) is 3.34. The zero-order valence-corrected chi connectivity index (χ0v) is 7.46. The summed E-state index contributed by atoms with van der Waals surface area (Å²) >= 11 is 0. The predicted octanol–water partition coefficient (Wildman–Crippen LogP) is 0.0689. The molecule has 0 saturated carbocycles. The Bertz CT molecular complexity index is 279. The van der Waals surface area contributed by atoms with E-state index in [-0.39, 0.29) is 5.91 Å². The molecule has 5 heteroatoms. The summed E-state index contributed by atoms with van der Waals surface area (Å²) < 4.78 is 0. The molecule has 0 unspecified atom stereocenters. The molecule has 1 amide bonds. The van der Waals surface area contributed by atoms with Crippen LogP contribution in [0.25, 0.3) is 0 Å². The number of aromatic amines is 1. The second-order valence-electron chi connectivity index (χ2n) is 2.67. The molecular weight excluding hydrogens is 156 g/mol. The number of nitrogens with zero attached hydrogens (tertiary/aromatic N) is 3. The van der Waals surface area contributed by atoms with Crippen molar-refractivity contribution in [3.8, 4) is 0 Å². The molecule has 0 radical (unpaired) electrons. The fourth-order valence-corrected chi connectivity index (χ4v) is 0.882. The molecule has 0 aliphatic rings. The van der Waals surface area contributed by atoms with E-state index in [0.717, 1.165) is 0 Å². The third-order valence-corrected chi connectivity index (χ3v) is 1.56. The molecule has 5 nitrogen and oxygen atoms in total. The number of carbonyl (C=O) groups is 1. The Morgan fingerprint density at radius 2 is 2.17 bits per heavy atom. The van der Waals surface area contributed by atoms with E-state index >= 15 is 0 Å². The highest BCUT2D eigenvalue weighted by atomic mass is 16.2. The SMILES string of the molecule is CCc1n[nH]nc1C(=O)N(C)C. The molecule has 0 saturated heterocycles. The number of carbonyl (C=O) groups excluding carboxylic acids is 1. The molecule has 1 aromatic heterocycles. The maximum absolute atomic E-state index is 11.4. The summed E-state index contributed by atoms with van der Waals surface area (Å²) in [5.74, 6) is -0.111. The van der Waals surface area contributed by atoms with E-state index in [9.17, 15) is 4.79 Å². The molecule has 0 aliphatic heterocycles. The fourth-order valence-electron chi connectivity index (χ4n) is 0.882. The van der Waals surface area contributed by atoms with Crippen LogP contribution in [-0.2, 0) is 6.42 Å². The van der Waals surface area contributed by atoms with Crippen molar-refractivity contribution in [1.82, 2.24) is 20.3 Å². The van der Waals surface area contributed by atoms with E-state index in [0.29, 0.717) is 17.8 Å². The lowest BCUT2D eigenvalue weighted by Gasteiger charge is -2.07. The standard InChI is InChI=1S/C7H12N4O/c1-4-5-6(9-10-8-5)7(12)11(2)3/h4H2,1-3H3,(H,8,9,10). The van der Waals surface area contributed by atoms with Gasteiger partial charge in [0.2, 0.25) is 0 Å².